The molecule has 0 atom stereocenters. The maximum absolute atomic E-state index is 4.41. The molecule has 0 aliphatic heterocycles. The van der Waals surface area contributed by atoms with Gasteiger partial charge < -0.3 is 0 Å². The Morgan fingerprint density at radius 3 is 2.88 bits per heavy atom. The Kier molecular flexibility index (Phi) is 2.04. The highest BCUT2D eigenvalue weighted by atomic mass is 14.9. The standard InChI is InChI=1S/C12H7N4/c1-2-4-10-9(3-1)7-14-12(16-10)11-5-6-13-8-15-11/h1-6,8H. The van der Waals surface area contributed by atoms with Crippen LogP contribution in [0.3, 0.4) is 0 Å². The molecule has 0 aliphatic rings. The summed E-state index contributed by atoms with van der Waals surface area (Å²) in [6, 6.07) is 9.51. The van der Waals surface area contributed by atoms with E-state index >= 15 is 0 Å². The largest absolute Gasteiger partial charge is 0.245 e. The molecule has 1 aromatic carbocycles. The Labute approximate surface area is 92.0 Å². The highest BCUT2D eigenvalue weighted by molar-refractivity contribution is 5.78. The van der Waals surface area contributed by atoms with E-state index in [-0.39, 0.29) is 0 Å². The summed E-state index contributed by atoms with van der Waals surface area (Å²) in [5.41, 5.74) is 1.57. The second kappa shape index (κ2) is 3.66. The van der Waals surface area contributed by atoms with Crippen LogP contribution in [0, 0.1) is 6.20 Å². The molecule has 0 aliphatic carbocycles. The molecule has 0 N–H and O–H groups in total. The Bertz CT molecular complexity index is 622. The van der Waals surface area contributed by atoms with Crippen molar-refractivity contribution in [2.24, 2.45) is 0 Å². The molecule has 3 aromatic rings. The van der Waals surface area contributed by atoms with Crippen molar-refractivity contribution in [3.63, 3.8) is 0 Å². The quantitative estimate of drug-likeness (QED) is 0.611. The van der Waals surface area contributed by atoms with Gasteiger partial charge in [-0.05, 0) is 12.1 Å². The van der Waals surface area contributed by atoms with Crippen molar-refractivity contribution in [1.29, 1.82) is 0 Å². The fourth-order valence-electron chi connectivity index (χ4n) is 1.46. The van der Waals surface area contributed by atoms with Crippen molar-refractivity contribution in [3.05, 3.63) is 49.1 Å². The molecule has 0 saturated heterocycles. The van der Waals surface area contributed by atoms with Crippen LogP contribution in [0.4, 0.5) is 0 Å². The molecule has 1 radical (unpaired) electrons. The van der Waals surface area contributed by atoms with Gasteiger partial charge in [0, 0.05) is 11.6 Å². The van der Waals surface area contributed by atoms with E-state index in [0.29, 0.717) is 11.5 Å². The van der Waals surface area contributed by atoms with Gasteiger partial charge in [0.2, 0.25) is 0 Å². The van der Waals surface area contributed by atoms with Crippen LogP contribution in [-0.2, 0) is 0 Å². The average Bonchev–Trinajstić information content (AvgIpc) is 2.39. The van der Waals surface area contributed by atoms with E-state index < -0.39 is 0 Å². The summed E-state index contributed by atoms with van der Waals surface area (Å²) in [6.45, 7) is 0. The zero-order valence-electron chi connectivity index (χ0n) is 8.33. The van der Waals surface area contributed by atoms with Gasteiger partial charge in [0.15, 0.2) is 5.82 Å². The molecule has 4 nitrogen and oxygen atoms in total. The molecule has 75 valence electrons. The number of hydrogen-bond acceptors (Lipinski definition) is 4. The fourth-order valence-corrected chi connectivity index (χ4v) is 1.46. The van der Waals surface area contributed by atoms with Crippen LogP contribution in [0.2, 0.25) is 0 Å². The van der Waals surface area contributed by atoms with Gasteiger partial charge in [0.25, 0.3) is 0 Å². The van der Waals surface area contributed by atoms with Crippen LogP contribution in [0.25, 0.3) is 22.4 Å². The zero-order chi connectivity index (χ0) is 10.8. The smallest absolute Gasteiger partial charge is 0.179 e. The molecule has 0 bridgehead atoms. The predicted molar refractivity (Wildman–Crippen MR) is 59.4 cm³/mol. The molecular weight excluding hydrogens is 200 g/mol. The minimum atomic E-state index is 0.570. The summed E-state index contributed by atoms with van der Waals surface area (Å²) in [4.78, 5) is 16.5. The van der Waals surface area contributed by atoms with Crippen molar-refractivity contribution < 1.29 is 0 Å². The summed E-state index contributed by atoms with van der Waals surface area (Å²) >= 11 is 0. The first-order valence-electron chi connectivity index (χ1n) is 4.84. The number of para-hydroxylation sites is 1. The van der Waals surface area contributed by atoms with E-state index in [9.17, 15) is 0 Å². The highest BCUT2D eigenvalue weighted by Crippen LogP contribution is 2.14. The van der Waals surface area contributed by atoms with Crippen LogP contribution in [0.5, 0.6) is 0 Å². The Morgan fingerprint density at radius 1 is 1.06 bits per heavy atom. The van der Waals surface area contributed by atoms with E-state index in [1.165, 1.54) is 6.33 Å². The number of rotatable bonds is 1. The Balaban J connectivity index is 2.19. The molecule has 0 unspecified atom stereocenters. The first kappa shape index (κ1) is 8.91. The molecule has 0 saturated carbocycles. The van der Waals surface area contributed by atoms with Gasteiger partial charge in [0.05, 0.1) is 5.52 Å². The summed E-state index contributed by atoms with van der Waals surface area (Å²) in [6.07, 6.45) is 6.09. The van der Waals surface area contributed by atoms with E-state index in [2.05, 4.69) is 26.1 Å². The normalized spacial score (nSPS) is 10.5. The summed E-state index contributed by atoms with van der Waals surface area (Å²) < 4.78 is 0. The van der Waals surface area contributed by atoms with E-state index in [0.717, 1.165) is 10.9 Å². The van der Waals surface area contributed by atoms with E-state index in [1.807, 2.05) is 24.3 Å². The molecule has 3 rings (SSSR count). The number of hydrogen-bond donors (Lipinski definition) is 0. The third-order valence-corrected chi connectivity index (χ3v) is 2.22. The number of benzene rings is 1. The molecule has 2 heterocycles. The number of fused-ring (bicyclic) bond motifs is 1. The van der Waals surface area contributed by atoms with Crippen LogP contribution in [0.15, 0.2) is 42.9 Å². The van der Waals surface area contributed by atoms with Gasteiger partial charge in [-0.25, -0.2) is 19.9 Å². The van der Waals surface area contributed by atoms with Crippen molar-refractivity contribution in [3.8, 4) is 11.5 Å². The van der Waals surface area contributed by atoms with Crippen molar-refractivity contribution >= 4 is 10.9 Å². The van der Waals surface area contributed by atoms with E-state index in [4.69, 9.17) is 0 Å². The molecule has 0 spiro atoms. The van der Waals surface area contributed by atoms with Gasteiger partial charge >= 0.3 is 0 Å². The number of aromatic nitrogens is 4. The maximum atomic E-state index is 4.41. The predicted octanol–water partition coefficient (Wildman–Crippen LogP) is 1.89. The van der Waals surface area contributed by atoms with Gasteiger partial charge in [-0.1, -0.05) is 18.2 Å². The van der Waals surface area contributed by atoms with Crippen molar-refractivity contribution in [2.45, 2.75) is 0 Å². The minimum absolute atomic E-state index is 0.570. The third-order valence-electron chi connectivity index (χ3n) is 2.22. The lowest BCUT2D eigenvalue weighted by Crippen LogP contribution is -1.92. The lowest BCUT2D eigenvalue weighted by atomic mass is 10.2. The molecule has 0 amide bonds. The second-order valence-electron chi connectivity index (χ2n) is 3.27. The fraction of sp³-hybridized carbons (Fsp3) is 0. The SMILES string of the molecule is [c]1nc(-c2ccncn2)nc2ccccc12. The third kappa shape index (κ3) is 1.50. The summed E-state index contributed by atoms with van der Waals surface area (Å²) in [5.74, 6) is 0.570. The molecule has 0 fully saturated rings. The zero-order valence-corrected chi connectivity index (χ0v) is 8.33. The Morgan fingerprint density at radius 2 is 2.00 bits per heavy atom. The van der Waals surface area contributed by atoms with Gasteiger partial charge in [-0.15, -0.1) is 0 Å². The highest BCUT2D eigenvalue weighted by Gasteiger charge is 2.03. The van der Waals surface area contributed by atoms with Crippen LogP contribution < -0.4 is 0 Å². The summed E-state index contributed by atoms with van der Waals surface area (Å²) in [7, 11) is 0. The van der Waals surface area contributed by atoms with Crippen molar-refractivity contribution in [1.82, 2.24) is 19.9 Å². The van der Waals surface area contributed by atoms with Crippen LogP contribution in [0.1, 0.15) is 0 Å². The van der Waals surface area contributed by atoms with Gasteiger partial charge in [-0.3, -0.25) is 0 Å². The van der Waals surface area contributed by atoms with Crippen molar-refractivity contribution in [2.75, 3.05) is 0 Å². The molecule has 4 heteroatoms. The first-order chi connectivity index (χ1) is 7.93. The molecular formula is C12H7N4. The topological polar surface area (TPSA) is 51.6 Å². The second-order valence-corrected chi connectivity index (χ2v) is 3.27. The Hall–Kier alpha value is -2.36. The number of nitrogens with zero attached hydrogens (tertiary/aromatic N) is 4. The van der Waals surface area contributed by atoms with Gasteiger partial charge in [-0.2, -0.15) is 0 Å². The molecule has 2 aromatic heterocycles. The maximum Gasteiger partial charge on any atom is 0.179 e. The first-order valence-corrected chi connectivity index (χ1v) is 4.84. The average molecular weight is 207 g/mol. The summed E-state index contributed by atoms with van der Waals surface area (Å²) in [5, 5.41) is 0.903. The minimum Gasteiger partial charge on any atom is -0.245 e. The van der Waals surface area contributed by atoms with Crippen LogP contribution >= 0.6 is 0 Å². The monoisotopic (exact) mass is 207 g/mol. The lowest BCUT2D eigenvalue weighted by molar-refractivity contribution is 1.12. The van der Waals surface area contributed by atoms with Crippen LogP contribution in [-0.4, -0.2) is 19.9 Å². The van der Waals surface area contributed by atoms with Gasteiger partial charge in [0.1, 0.15) is 18.2 Å². The van der Waals surface area contributed by atoms with E-state index in [1.54, 1.807) is 12.3 Å². The lowest BCUT2D eigenvalue weighted by Gasteiger charge is -1.99. The molecule has 16 heavy (non-hydrogen) atoms.